The van der Waals surface area contributed by atoms with E-state index >= 15 is 0 Å². The normalized spacial score (nSPS) is 9.91. The van der Waals surface area contributed by atoms with Gasteiger partial charge < -0.3 is 14.4 Å². The van der Waals surface area contributed by atoms with Gasteiger partial charge in [0.05, 0.1) is 26.3 Å². The van der Waals surface area contributed by atoms with Crippen molar-refractivity contribution in [1.29, 1.82) is 0 Å². The van der Waals surface area contributed by atoms with Crippen LogP contribution < -0.4 is 9.64 Å². The molecule has 2 rings (SSSR count). The van der Waals surface area contributed by atoms with Crippen LogP contribution in [-0.2, 0) is 16.1 Å². The zero-order valence-corrected chi connectivity index (χ0v) is 12.5. The van der Waals surface area contributed by atoms with Crippen LogP contribution in [0.1, 0.15) is 15.9 Å². The molecule has 0 aliphatic rings. The highest BCUT2D eigenvalue weighted by molar-refractivity contribution is 5.89. The van der Waals surface area contributed by atoms with Gasteiger partial charge in [0, 0.05) is 5.69 Å². The van der Waals surface area contributed by atoms with E-state index in [-0.39, 0.29) is 5.97 Å². The van der Waals surface area contributed by atoms with E-state index in [1.54, 1.807) is 48.4 Å². The molecule has 0 radical (unpaired) electrons. The van der Waals surface area contributed by atoms with Crippen molar-refractivity contribution in [3.8, 4) is 5.75 Å². The Kier molecular flexibility index (Phi) is 5.14. The number of hydrogen-bond acceptors (Lipinski definition) is 4. The third kappa shape index (κ3) is 3.63. The van der Waals surface area contributed by atoms with Gasteiger partial charge in [-0.2, -0.15) is 0 Å². The van der Waals surface area contributed by atoms with Gasteiger partial charge in [0.15, 0.2) is 0 Å². The standard InChI is InChI=1S/C17H17NO4/c1-21-16-9-7-15(8-10-16)18(12-19)11-13-3-5-14(6-4-13)17(20)22-2/h3-10,12H,11H2,1-2H3. The van der Waals surface area contributed by atoms with E-state index in [1.807, 2.05) is 12.1 Å². The molecule has 0 saturated carbocycles. The van der Waals surface area contributed by atoms with Crippen LogP contribution >= 0.6 is 0 Å². The molecule has 0 N–H and O–H groups in total. The summed E-state index contributed by atoms with van der Waals surface area (Å²) in [5.74, 6) is 0.353. The summed E-state index contributed by atoms with van der Waals surface area (Å²) in [6, 6.07) is 14.2. The Hall–Kier alpha value is -2.82. The van der Waals surface area contributed by atoms with Crippen LogP contribution in [0.4, 0.5) is 5.69 Å². The lowest BCUT2D eigenvalue weighted by Gasteiger charge is -2.18. The Morgan fingerprint density at radius 3 is 2.18 bits per heavy atom. The average Bonchev–Trinajstić information content (AvgIpc) is 2.59. The second-order valence-electron chi connectivity index (χ2n) is 4.62. The van der Waals surface area contributed by atoms with Crippen molar-refractivity contribution in [3.63, 3.8) is 0 Å². The zero-order chi connectivity index (χ0) is 15.9. The summed E-state index contributed by atoms with van der Waals surface area (Å²) >= 11 is 0. The fourth-order valence-corrected chi connectivity index (χ4v) is 2.02. The first-order chi connectivity index (χ1) is 10.7. The predicted octanol–water partition coefficient (Wildman–Crippen LogP) is 2.64. The molecule has 0 unspecified atom stereocenters. The Bertz CT molecular complexity index is 635. The van der Waals surface area contributed by atoms with Gasteiger partial charge in [-0.1, -0.05) is 12.1 Å². The molecule has 1 amide bonds. The quantitative estimate of drug-likeness (QED) is 0.608. The van der Waals surface area contributed by atoms with Crippen LogP contribution in [0, 0.1) is 0 Å². The van der Waals surface area contributed by atoms with Gasteiger partial charge in [-0.3, -0.25) is 4.79 Å². The summed E-state index contributed by atoms with van der Waals surface area (Å²) < 4.78 is 9.75. The topological polar surface area (TPSA) is 55.8 Å². The maximum atomic E-state index is 11.4. The highest BCUT2D eigenvalue weighted by Gasteiger charge is 2.08. The van der Waals surface area contributed by atoms with Crippen LogP contribution in [0.15, 0.2) is 48.5 Å². The summed E-state index contributed by atoms with van der Waals surface area (Å²) in [5.41, 5.74) is 2.16. The third-order valence-corrected chi connectivity index (χ3v) is 3.26. The SMILES string of the molecule is COC(=O)c1ccc(CN(C=O)c2ccc(OC)cc2)cc1. The Balaban J connectivity index is 2.12. The molecule has 0 spiro atoms. The lowest BCUT2D eigenvalue weighted by Crippen LogP contribution is -2.20. The van der Waals surface area contributed by atoms with Crippen molar-refractivity contribution in [2.24, 2.45) is 0 Å². The molecule has 5 nitrogen and oxygen atoms in total. The van der Waals surface area contributed by atoms with Gasteiger partial charge >= 0.3 is 5.97 Å². The van der Waals surface area contributed by atoms with Crippen molar-refractivity contribution in [3.05, 3.63) is 59.7 Å². The van der Waals surface area contributed by atoms with Crippen molar-refractivity contribution >= 4 is 18.1 Å². The number of methoxy groups -OCH3 is 2. The number of esters is 1. The average molecular weight is 299 g/mol. The predicted molar refractivity (Wildman–Crippen MR) is 83.0 cm³/mol. The van der Waals surface area contributed by atoms with Gasteiger partial charge in [-0.25, -0.2) is 4.79 Å². The van der Waals surface area contributed by atoms with E-state index in [4.69, 9.17) is 4.74 Å². The van der Waals surface area contributed by atoms with Crippen molar-refractivity contribution in [2.45, 2.75) is 6.54 Å². The number of ether oxygens (including phenoxy) is 2. The van der Waals surface area contributed by atoms with Crippen LogP contribution in [0.3, 0.4) is 0 Å². The largest absolute Gasteiger partial charge is 0.497 e. The summed E-state index contributed by atoms with van der Waals surface area (Å²) in [4.78, 5) is 24.3. The van der Waals surface area contributed by atoms with E-state index in [0.29, 0.717) is 12.1 Å². The molecular formula is C17H17NO4. The Morgan fingerprint density at radius 1 is 1.05 bits per heavy atom. The number of anilines is 1. The number of benzene rings is 2. The number of carbonyl (C=O) groups is 2. The fourth-order valence-electron chi connectivity index (χ4n) is 2.02. The summed E-state index contributed by atoms with van der Waals surface area (Å²) in [6.45, 7) is 0.414. The van der Waals surface area contributed by atoms with Gasteiger partial charge in [-0.05, 0) is 42.0 Å². The van der Waals surface area contributed by atoms with Gasteiger partial charge in [0.2, 0.25) is 6.41 Å². The lowest BCUT2D eigenvalue weighted by molar-refractivity contribution is -0.107. The number of carbonyl (C=O) groups excluding carboxylic acids is 2. The van der Waals surface area contributed by atoms with Crippen LogP contribution in [0.2, 0.25) is 0 Å². The second-order valence-corrected chi connectivity index (χ2v) is 4.62. The first kappa shape index (κ1) is 15.6. The van der Waals surface area contributed by atoms with Crippen molar-refractivity contribution in [1.82, 2.24) is 0 Å². The minimum Gasteiger partial charge on any atom is -0.497 e. The molecule has 0 saturated heterocycles. The fraction of sp³-hybridized carbons (Fsp3) is 0.176. The maximum Gasteiger partial charge on any atom is 0.337 e. The Labute approximate surface area is 129 Å². The molecular weight excluding hydrogens is 282 g/mol. The van der Waals surface area contributed by atoms with E-state index in [9.17, 15) is 9.59 Å². The van der Waals surface area contributed by atoms with Crippen LogP contribution in [0.25, 0.3) is 0 Å². The van der Waals surface area contributed by atoms with E-state index in [0.717, 1.165) is 23.4 Å². The first-order valence-corrected chi connectivity index (χ1v) is 6.71. The van der Waals surface area contributed by atoms with Crippen LogP contribution in [0.5, 0.6) is 5.75 Å². The smallest absolute Gasteiger partial charge is 0.337 e. The minimum atomic E-state index is -0.381. The summed E-state index contributed by atoms with van der Waals surface area (Å²) in [5, 5.41) is 0. The van der Waals surface area contributed by atoms with Gasteiger partial charge in [0.1, 0.15) is 5.75 Å². The highest BCUT2D eigenvalue weighted by Crippen LogP contribution is 2.20. The number of amides is 1. The second kappa shape index (κ2) is 7.26. The molecule has 0 heterocycles. The van der Waals surface area contributed by atoms with Crippen LogP contribution in [-0.4, -0.2) is 26.6 Å². The molecule has 0 bridgehead atoms. The number of rotatable bonds is 6. The molecule has 0 fully saturated rings. The number of nitrogens with zero attached hydrogens (tertiary/aromatic N) is 1. The zero-order valence-electron chi connectivity index (χ0n) is 12.5. The van der Waals surface area contributed by atoms with Crippen molar-refractivity contribution < 1.29 is 19.1 Å². The summed E-state index contributed by atoms with van der Waals surface area (Å²) in [7, 11) is 2.93. The van der Waals surface area contributed by atoms with Gasteiger partial charge in [0.25, 0.3) is 0 Å². The third-order valence-electron chi connectivity index (χ3n) is 3.26. The summed E-state index contributed by atoms with van der Waals surface area (Å²) in [6.07, 6.45) is 0.774. The molecule has 114 valence electrons. The molecule has 0 aliphatic carbocycles. The minimum absolute atomic E-state index is 0.381. The molecule has 0 atom stereocenters. The lowest BCUT2D eigenvalue weighted by atomic mass is 10.1. The monoisotopic (exact) mass is 299 g/mol. The maximum absolute atomic E-state index is 11.4. The van der Waals surface area contributed by atoms with Gasteiger partial charge in [-0.15, -0.1) is 0 Å². The van der Waals surface area contributed by atoms with E-state index in [1.165, 1.54) is 7.11 Å². The Morgan fingerprint density at radius 2 is 1.68 bits per heavy atom. The van der Waals surface area contributed by atoms with E-state index < -0.39 is 0 Å². The molecule has 2 aromatic carbocycles. The molecule has 5 heteroatoms. The highest BCUT2D eigenvalue weighted by atomic mass is 16.5. The molecule has 0 aliphatic heterocycles. The molecule has 2 aromatic rings. The molecule has 0 aromatic heterocycles. The first-order valence-electron chi connectivity index (χ1n) is 6.71. The van der Waals surface area contributed by atoms with E-state index in [2.05, 4.69) is 4.74 Å². The molecule has 22 heavy (non-hydrogen) atoms. The van der Waals surface area contributed by atoms with Crippen molar-refractivity contribution in [2.75, 3.05) is 19.1 Å². The number of hydrogen-bond donors (Lipinski definition) is 0.